The minimum atomic E-state index is -4.66. The van der Waals surface area contributed by atoms with Gasteiger partial charge in [0.1, 0.15) is 0 Å². The molecule has 0 aliphatic carbocycles. The Morgan fingerprint density at radius 2 is 1.38 bits per heavy atom. The lowest BCUT2D eigenvalue weighted by Crippen LogP contribution is -2.48. The highest BCUT2D eigenvalue weighted by Crippen LogP contribution is 2.46. The number of hydrogen-bond donors (Lipinski definition) is 0. The molecular formula is C17H15F3O. The Morgan fingerprint density at radius 3 is 1.81 bits per heavy atom. The van der Waals surface area contributed by atoms with Crippen LogP contribution in [0.15, 0.2) is 60.7 Å². The third-order valence-corrected chi connectivity index (χ3v) is 3.70. The van der Waals surface area contributed by atoms with Crippen LogP contribution in [0.25, 0.3) is 0 Å². The summed E-state index contributed by atoms with van der Waals surface area (Å²) >= 11 is 0. The van der Waals surface area contributed by atoms with E-state index in [2.05, 4.69) is 0 Å². The summed E-state index contributed by atoms with van der Waals surface area (Å²) in [7, 11) is 0. The number of benzene rings is 2. The van der Waals surface area contributed by atoms with E-state index in [9.17, 15) is 18.0 Å². The monoisotopic (exact) mass is 292 g/mol. The first-order valence-electron chi connectivity index (χ1n) is 6.65. The van der Waals surface area contributed by atoms with Crippen LogP contribution in [0.4, 0.5) is 13.2 Å². The molecule has 0 saturated heterocycles. The van der Waals surface area contributed by atoms with E-state index in [0.717, 1.165) is 0 Å². The predicted octanol–water partition coefficient (Wildman–Crippen LogP) is 4.78. The van der Waals surface area contributed by atoms with Crippen molar-refractivity contribution in [1.82, 2.24) is 0 Å². The van der Waals surface area contributed by atoms with E-state index < -0.39 is 17.4 Å². The lowest BCUT2D eigenvalue weighted by atomic mass is 9.72. The standard InChI is InChI=1S/C17H15F3O/c1-2-16(17(18,19)20,14-11-7-4-8-12-14)15(21)13-9-5-3-6-10-13/h3-12H,2H2,1H3. The molecule has 0 spiro atoms. The number of halogens is 3. The third-order valence-electron chi connectivity index (χ3n) is 3.70. The van der Waals surface area contributed by atoms with Crippen LogP contribution < -0.4 is 0 Å². The Balaban J connectivity index is 2.65. The molecule has 0 aliphatic heterocycles. The highest BCUT2D eigenvalue weighted by Gasteiger charge is 2.59. The molecule has 21 heavy (non-hydrogen) atoms. The Bertz CT molecular complexity index is 605. The molecule has 1 nitrogen and oxygen atoms in total. The summed E-state index contributed by atoms with van der Waals surface area (Å²) in [5.74, 6) is -0.913. The summed E-state index contributed by atoms with van der Waals surface area (Å²) in [6, 6.07) is 15.0. The highest BCUT2D eigenvalue weighted by molar-refractivity contribution is 6.04. The summed E-state index contributed by atoms with van der Waals surface area (Å²) in [6.07, 6.45) is -5.00. The molecule has 0 bridgehead atoms. The van der Waals surface area contributed by atoms with Crippen LogP contribution in [-0.4, -0.2) is 12.0 Å². The van der Waals surface area contributed by atoms with Crippen LogP contribution in [0, 0.1) is 0 Å². The van der Waals surface area contributed by atoms with Crippen molar-refractivity contribution in [2.24, 2.45) is 0 Å². The topological polar surface area (TPSA) is 17.1 Å². The Labute approximate surface area is 121 Å². The van der Waals surface area contributed by atoms with Gasteiger partial charge in [0.05, 0.1) is 0 Å². The maximum absolute atomic E-state index is 13.8. The Hall–Kier alpha value is -2.10. The summed E-state index contributed by atoms with van der Waals surface area (Å²) in [5.41, 5.74) is -2.45. The van der Waals surface area contributed by atoms with E-state index in [1.54, 1.807) is 24.3 Å². The van der Waals surface area contributed by atoms with Gasteiger partial charge < -0.3 is 0 Å². The van der Waals surface area contributed by atoms with Crippen LogP contribution in [0.3, 0.4) is 0 Å². The van der Waals surface area contributed by atoms with Crippen molar-refractivity contribution in [3.05, 3.63) is 71.8 Å². The normalized spacial score (nSPS) is 14.5. The second-order valence-corrected chi connectivity index (χ2v) is 4.82. The minimum absolute atomic E-state index is 0.0196. The molecule has 0 aromatic heterocycles. The molecule has 0 aliphatic rings. The molecule has 0 saturated carbocycles. The fourth-order valence-corrected chi connectivity index (χ4v) is 2.55. The maximum Gasteiger partial charge on any atom is 0.405 e. The van der Waals surface area contributed by atoms with Gasteiger partial charge >= 0.3 is 6.18 Å². The first-order valence-corrected chi connectivity index (χ1v) is 6.65. The minimum Gasteiger partial charge on any atom is -0.293 e. The van der Waals surface area contributed by atoms with E-state index in [-0.39, 0.29) is 17.5 Å². The number of Topliss-reactive ketones (excluding diaryl/α,β-unsaturated/α-hetero) is 1. The largest absolute Gasteiger partial charge is 0.405 e. The van der Waals surface area contributed by atoms with Gasteiger partial charge in [0.25, 0.3) is 0 Å². The van der Waals surface area contributed by atoms with Gasteiger partial charge in [-0.15, -0.1) is 0 Å². The number of rotatable bonds is 4. The van der Waals surface area contributed by atoms with Gasteiger partial charge in [0.2, 0.25) is 0 Å². The first kappa shape index (κ1) is 15.3. The number of alkyl halides is 3. The van der Waals surface area contributed by atoms with Crippen molar-refractivity contribution in [2.45, 2.75) is 24.9 Å². The maximum atomic E-state index is 13.8. The van der Waals surface area contributed by atoms with Crippen LogP contribution in [0.2, 0.25) is 0 Å². The Kier molecular flexibility index (Phi) is 4.16. The van der Waals surface area contributed by atoms with E-state index in [0.29, 0.717) is 0 Å². The van der Waals surface area contributed by atoms with Crippen molar-refractivity contribution < 1.29 is 18.0 Å². The summed E-state index contributed by atoms with van der Waals surface area (Å²) < 4.78 is 41.3. The smallest absolute Gasteiger partial charge is 0.293 e. The zero-order valence-electron chi connectivity index (χ0n) is 11.5. The zero-order valence-corrected chi connectivity index (χ0v) is 11.5. The summed E-state index contributed by atoms with van der Waals surface area (Å²) in [6.45, 7) is 1.39. The fourth-order valence-electron chi connectivity index (χ4n) is 2.55. The van der Waals surface area contributed by atoms with Gasteiger partial charge in [-0.1, -0.05) is 67.6 Å². The zero-order chi connectivity index (χ0) is 15.5. The molecule has 0 fully saturated rings. The molecule has 110 valence electrons. The van der Waals surface area contributed by atoms with Crippen molar-refractivity contribution in [1.29, 1.82) is 0 Å². The average molecular weight is 292 g/mol. The second-order valence-electron chi connectivity index (χ2n) is 4.82. The SMILES string of the molecule is CCC(C(=O)c1ccccc1)(c1ccccc1)C(F)(F)F. The van der Waals surface area contributed by atoms with E-state index in [1.807, 2.05) is 0 Å². The highest BCUT2D eigenvalue weighted by atomic mass is 19.4. The molecule has 0 amide bonds. The fraction of sp³-hybridized carbons (Fsp3) is 0.235. The van der Waals surface area contributed by atoms with Crippen LogP contribution in [0.5, 0.6) is 0 Å². The van der Waals surface area contributed by atoms with Gasteiger partial charge in [0.15, 0.2) is 11.2 Å². The molecule has 2 rings (SSSR count). The molecule has 1 atom stereocenters. The molecule has 1 unspecified atom stereocenters. The van der Waals surface area contributed by atoms with Gasteiger partial charge in [-0.05, 0) is 12.0 Å². The molecular weight excluding hydrogens is 277 g/mol. The van der Waals surface area contributed by atoms with Crippen molar-refractivity contribution in [2.75, 3.05) is 0 Å². The lowest BCUT2D eigenvalue weighted by molar-refractivity contribution is -0.176. The van der Waals surface area contributed by atoms with E-state index in [4.69, 9.17) is 0 Å². The number of hydrogen-bond acceptors (Lipinski definition) is 1. The average Bonchev–Trinajstić information content (AvgIpc) is 2.49. The predicted molar refractivity (Wildman–Crippen MR) is 75.2 cm³/mol. The van der Waals surface area contributed by atoms with E-state index >= 15 is 0 Å². The molecule has 2 aromatic carbocycles. The lowest BCUT2D eigenvalue weighted by Gasteiger charge is -2.34. The van der Waals surface area contributed by atoms with Crippen molar-refractivity contribution >= 4 is 5.78 Å². The van der Waals surface area contributed by atoms with Crippen LogP contribution in [0.1, 0.15) is 29.3 Å². The van der Waals surface area contributed by atoms with Crippen LogP contribution in [-0.2, 0) is 5.41 Å². The van der Waals surface area contributed by atoms with Crippen LogP contribution >= 0.6 is 0 Å². The molecule has 0 radical (unpaired) electrons. The van der Waals surface area contributed by atoms with Gasteiger partial charge in [0, 0.05) is 5.56 Å². The molecule has 4 heteroatoms. The summed E-state index contributed by atoms with van der Waals surface area (Å²) in [5, 5.41) is 0. The first-order chi connectivity index (χ1) is 9.93. The van der Waals surface area contributed by atoms with E-state index in [1.165, 1.54) is 43.3 Å². The number of carbonyl (C=O) groups excluding carboxylic acids is 1. The third kappa shape index (κ3) is 2.58. The number of carbonyl (C=O) groups is 1. The molecule has 0 N–H and O–H groups in total. The second kappa shape index (κ2) is 5.72. The number of ketones is 1. The Morgan fingerprint density at radius 1 is 0.905 bits per heavy atom. The van der Waals surface area contributed by atoms with Gasteiger partial charge in [-0.3, -0.25) is 4.79 Å². The van der Waals surface area contributed by atoms with Crippen molar-refractivity contribution in [3.63, 3.8) is 0 Å². The molecule has 2 aromatic rings. The summed E-state index contributed by atoms with van der Waals surface area (Å²) in [4.78, 5) is 12.6. The van der Waals surface area contributed by atoms with Gasteiger partial charge in [-0.2, -0.15) is 13.2 Å². The van der Waals surface area contributed by atoms with Crippen molar-refractivity contribution in [3.8, 4) is 0 Å². The molecule has 0 heterocycles. The van der Waals surface area contributed by atoms with Gasteiger partial charge in [-0.25, -0.2) is 0 Å². The quantitative estimate of drug-likeness (QED) is 0.741.